The third-order valence-corrected chi connectivity index (χ3v) is 3.05. The maximum Gasteiger partial charge on any atom is 0.310 e. The first-order valence-electron chi connectivity index (χ1n) is 6.04. The lowest BCUT2D eigenvalue weighted by atomic mass is 9.98. The first-order valence-corrected chi connectivity index (χ1v) is 6.04. The number of hydrogen-bond acceptors (Lipinski definition) is 3. The lowest BCUT2D eigenvalue weighted by Crippen LogP contribution is -2.42. The zero-order chi connectivity index (χ0) is 12.0. The van der Waals surface area contributed by atoms with E-state index in [2.05, 4.69) is 6.92 Å². The van der Waals surface area contributed by atoms with E-state index in [0.717, 1.165) is 32.2 Å². The van der Waals surface area contributed by atoms with Crippen LogP contribution in [0.25, 0.3) is 0 Å². The van der Waals surface area contributed by atoms with Crippen molar-refractivity contribution in [1.82, 2.24) is 4.90 Å². The van der Waals surface area contributed by atoms with E-state index in [1.54, 1.807) is 4.90 Å². The van der Waals surface area contributed by atoms with Crippen LogP contribution in [0.1, 0.15) is 39.0 Å². The number of hydrogen-bond donors (Lipinski definition) is 0. The van der Waals surface area contributed by atoms with Gasteiger partial charge in [-0.1, -0.05) is 13.3 Å². The maximum atomic E-state index is 11.8. The van der Waals surface area contributed by atoms with Crippen LogP contribution in [0.5, 0.6) is 0 Å². The van der Waals surface area contributed by atoms with E-state index in [1.165, 1.54) is 7.11 Å². The van der Waals surface area contributed by atoms with Gasteiger partial charge in [-0.2, -0.15) is 0 Å². The zero-order valence-corrected chi connectivity index (χ0v) is 10.2. The van der Waals surface area contributed by atoms with E-state index in [1.807, 2.05) is 0 Å². The van der Waals surface area contributed by atoms with Crippen molar-refractivity contribution in [3.63, 3.8) is 0 Å². The van der Waals surface area contributed by atoms with Crippen molar-refractivity contribution >= 4 is 11.9 Å². The Hall–Kier alpha value is -1.06. The minimum Gasteiger partial charge on any atom is -0.469 e. The summed E-state index contributed by atoms with van der Waals surface area (Å²) < 4.78 is 4.72. The Labute approximate surface area is 96.9 Å². The van der Waals surface area contributed by atoms with Crippen LogP contribution in [0, 0.1) is 5.92 Å². The first kappa shape index (κ1) is 13.0. The maximum absolute atomic E-state index is 11.8. The molecule has 1 heterocycles. The molecule has 0 aromatic rings. The summed E-state index contributed by atoms with van der Waals surface area (Å²) >= 11 is 0. The molecule has 1 amide bonds. The number of likely N-dealkylation sites (tertiary alicyclic amines) is 1. The van der Waals surface area contributed by atoms with Gasteiger partial charge in [-0.3, -0.25) is 9.59 Å². The van der Waals surface area contributed by atoms with Crippen molar-refractivity contribution in [3.05, 3.63) is 0 Å². The Bertz CT molecular complexity index is 253. The molecule has 1 saturated heterocycles. The third kappa shape index (κ3) is 3.51. The summed E-state index contributed by atoms with van der Waals surface area (Å²) in [5.74, 6) is -0.132. The second-order valence-corrected chi connectivity index (χ2v) is 4.31. The van der Waals surface area contributed by atoms with Crippen molar-refractivity contribution in [1.29, 1.82) is 0 Å². The molecular formula is C12H21NO3. The van der Waals surface area contributed by atoms with Crippen molar-refractivity contribution in [2.45, 2.75) is 39.0 Å². The van der Waals surface area contributed by atoms with Crippen LogP contribution >= 0.6 is 0 Å². The lowest BCUT2D eigenvalue weighted by molar-refractivity contribution is -0.149. The lowest BCUT2D eigenvalue weighted by Gasteiger charge is -2.31. The fourth-order valence-electron chi connectivity index (χ4n) is 2.05. The average Bonchev–Trinajstić information content (AvgIpc) is 2.35. The predicted molar refractivity (Wildman–Crippen MR) is 60.8 cm³/mol. The number of methoxy groups -OCH3 is 1. The molecule has 0 radical (unpaired) electrons. The number of ether oxygens (including phenoxy) is 1. The summed E-state index contributed by atoms with van der Waals surface area (Å²) in [5, 5.41) is 0. The smallest absolute Gasteiger partial charge is 0.310 e. The van der Waals surface area contributed by atoms with Gasteiger partial charge in [-0.25, -0.2) is 0 Å². The van der Waals surface area contributed by atoms with E-state index in [9.17, 15) is 9.59 Å². The Morgan fingerprint density at radius 3 is 2.81 bits per heavy atom. The van der Waals surface area contributed by atoms with E-state index >= 15 is 0 Å². The molecule has 1 aliphatic heterocycles. The van der Waals surface area contributed by atoms with E-state index in [4.69, 9.17) is 4.74 Å². The molecule has 0 aliphatic carbocycles. The van der Waals surface area contributed by atoms with Gasteiger partial charge in [0.05, 0.1) is 13.0 Å². The number of carbonyl (C=O) groups excluding carboxylic acids is 2. The van der Waals surface area contributed by atoms with Crippen LogP contribution < -0.4 is 0 Å². The minimum atomic E-state index is -0.187. The van der Waals surface area contributed by atoms with Crippen LogP contribution in [-0.2, 0) is 14.3 Å². The molecule has 0 aromatic heterocycles. The monoisotopic (exact) mass is 227 g/mol. The van der Waals surface area contributed by atoms with E-state index in [-0.39, 0.29) is 17.8 Å². The molecule has 92 valence electrons. The molecule has 0 unspecified atom stereocenters. The van der Waals surface area contributed by atoms with Crippen molar-refractivity contribution < 1.29 is 14.3 Å². The highest BCUT2D eigenvalue weighted by Gasteiger charge is 2.28. The summed E-state index contributed by atoms with van der Waals surface area (Å²) in [7, 11) is 1.40. The van der Waals surface area contributed by atoms with Gasteiger partial charge < -0.3 is 9.64 Å². The molecule has 4 heteroatoms. The quantitative estimate of drug-likeness (QED) is 0.685. The fourth-order valence-corrected chi connectivity index (χ4v) is 2.05. The standard InChI is InChI=1S/C12H21NO3/c1-3-4-7-11(14)13-8-5-6-10(9-13)12(15)16-2/h10H,3-9H2,1-2H3/t10-/m0/s1. The highest BCUT2D eigenvalue weighted by atomic mass is 16.5. The molecule has 0 saturated carbocycles. The Morgan fingerprint density at radius 2 is 2.19 bits per heavy atom. The summed E-state index contributed by atoms with van der Waals surface area (Å²) in [4.78, 5) is 25.0. The molecule has 1 fully saturated rings. The Balaban J connectivity index is 2.43. The molecule has 1 rings (SSSR count). The van der Waals surface area contributed by atoms with Gasteiger partial charge in [0.2, 0.25) is 5.91 Å². The fraction of sp³-hybridized carbons (Fsp3) is 0.833. The predicted octanol–water partition coefficient (Wildman–Crippen LogP) is 1.59. The second-order valence-electron chi connectivity index (χ2n) is 4.31. The number of unbranched alkanes of at least 4 members (excludes halogenated alkanes) is 1. The topological polar surface area (TPSA) is 46.6 Å². The van der Waals surface area contributed by atoms with Crippen LogP contribution in [0.3, 0.4) is 0 Å². The van der Waals surface area contributed by atoms with E-state index in [0.29, 0.717) is 13.0 Å². The van der Waals surface area contributed by atoms with Gasteiger partial charge in [-0.05, 0) is 19.3 Å². The largest absolute Gasteiger partial charge is 0.469 e. The number of nitrogens with zero attached hydrogens (tertiary/aromatic N) is 1. The number of rotatable bonds is 4. The van der Waals surface area contributed by atoms with Gasteiger partial charge in [-0.15, -0.1) is 0 Å². The molecule has 1 atom stereocenters. The highest BCUT2D eigenvalue weighted by Crippen LogP contribution is 2.18. The highest BCUT2D eigenvalue weighted by molar-refractivity contribution is 5.78. The van der Waals surface area contributed by atoms with Crippen molar-refractivity contribution in [2.24, 2.45) is 5.92 Å². The summed E-state index contributed by atoms with van der Waals surface area (Å²) in [6.45, 7) is 3.39. The SMILES string of the molecule is CCCCC(=O)N1CCC[C@H](C(=O)OC)C1. The van der Waals surface area contributed by atoms with Crippen LogP contribution in [0.4, 0.5) is 0 Å². The Morgan fingerprint density at radius 1 is 1.44 bits per heavy atom. The van der Waals surface area contributed by atoms with Gasteiger partial charge in [0.1, 0.15) is 0 Å². The minimum absolute atomic E-state index is 0.121. The molecule has 0 aromatic carbocycles. The molecule has 0 spiro atoms. The second kappa shape index (κ2) is 6.51. The number of carbonyl (C=O) groups is 2. The molecule has 0 bridgehead atoms. The molecule has 1 aliphatic rings. The van der Waals surface area contributed by atoms with Crippen molar-refractivity contribution in [3.8, 4) is 0 Å². The molecular weight excluding hydrogens is 206 g/mol. The summed E-state index contributed by atoms with van der Waals surface area (Å²) in [6.07, 6.45) is 4.30. The van der Waals surface area contributed by atoms with E-state index < -0.39 is 0 Å². The Kier molecular flexibility index (Phi) is 5.29. The average molecular weight is 227 g/mol. The van der Waals surface area contributed by atoms with Crippen LogP contribution in [-0.4, -0.2) is 37.0 Å². The number of amides is 1. The molecule has 16 heavy (non-hydrogen) atoms. The molecule has 4 nitrogen and oxygen atoms in total. The molecule has 0 N–H and O–H groups in total. The number of piperidine rings is 1. The van der Waals surface area contributed by atoms with Gasteiger partial charge in [0.25, 0.3) is 0 Å². The van der Waals surface area contributed by atoms with Crippen molar-refractivity contribution in [2.75, 3.05) is 20.2 Å². The zero-order valence-electron chi connectivity index (χ0n) is 10.2. The third-order valence-electron chi connectivity index (χ3n) is 3.05. The van der Waals surface area contributed by atoms with Crippen LogP contribution in [0.15, 0.2) is 0 Å². The normalized spacial score (nSPS) is 20.6. The van der Waals surface area contributed by atoms with Gasteiger partial charge in [0, 0.05) is 19.5 Å². The van der Waals surface area contributed by atoms with Gasteiger partial charge >= 0.3 is 5.97 Å². The number of esters is 1. The van der Waals surface area contributed by atoms with Gasteiger partial charge in [0.15, 0.2) is 0 Å². The summed E-state index contributed by atoms with van der Waals surface area (Å²) in [5.41, 5.74) is 0. The van der Waals surface area contributed by atoms with Crippen LogP contribution in [0.2, 0.25) is 0 Å². The first-order chi connectivity index (χ1) is 7.69. The summed E-state index contributed by atoms with van der Waals surface area (Å²) in [6, 6.07) is 0.